The smallest absolute Gasteiger partial charge is 0.264 e. The van der Waals surface area contributed by atoms with Gasteiger partial charge >= 0.3 is 0 Å². The molecule has 2 N–H and O–H groups in total. The molecule has 1 aromatic heterocycles. The maximum Gasteiger partial charge on any atom is 0.264 e. The van der Waals surface area contributed by atoms with Crippen LogP contribution in [0, 0.1) is 18.8 Å². The van der Waals surface area contributed by atoms with Crippen molar-refractivity contribution < 1.29 is 14.3 Å². The summed E-state index contributed by atoms with van der Waals surface area (Å²) in [7, 11) is 0. The molecule has 8 heteroatoms. The second-order valence-corrected chi connectivity index (χ2v) is 8.79. The first-order chi connectivity index (χ1) is 14.8. The molecule has 2 amide bonds. The molecule has 2 aromatic rings. The van der Waals surface area contributed by atoms with E-state index in [-0.39, 0.29) is 23.4 Å². The SMILES string of the molecule is Cc1ccc(-c2ccc(=O)[nH]n2)cc1NC(=O)[C@H]1[C@@H]2C=C[C@@]3(CN(C(C)C)C(=O)[C@@H]13)O2. The normalized spacial score (nSPS) is 28.5. The molecule has 0 unspecified atom stereocenters. The first-order valence-corrected chi connectivity index (χ1v) is 10.4. The van der Waals surface area contributed by atoms with Gasteiger partial charge in [-0.05, 0) is 38.5 Å². The van der Waals surface area contributed by atoms with E-state index in [2.05, 4.69) is 15.5 Å². The van der Waals surface area contributed by atoms with E-state index in [9.17, 15) is 14.4 Å². The van der Waals surface area contributed by atoms with E-state index in [1.165, 1.54) is 6.07 Å². The first kappa shape index (κ1) is 19.7. The average Bonchev–Trinajstić information content (AvgIpc) is 3.38. The number of hydrogen-bond donors (Lipinski definition) is 2. The Balaban J connectivity index is 1.43. The minimum Gasteiger partial charge on any atom is -0.360 e. The van der Waals surface area contributed by atoms with E-state index in [4.69, 9.17) is 4.74 Å². The third-order valence-electron chi connectivity index (χ3n) is 6.53. The third-order valence-corrected chi connectivity index (χ3v) is 6.53. The molecule has 3 aliphatic rings. The van der Waals surface area contributed by atoms with Crippen LogP contribution in [0.4, 0.5) is 5.69 Å². The molecule has 0 saturated carbocycles. The quantitative estimate of drug-likeness (QED) is 0.735. The number of H-pyrrole nitrogens is 1. The lowest BCUT2D eigenvalue weighted by Crippen LogP contribution is -2.42. The maximum atomic E-state index is 13.4. The highest BCUT2D eigenvalue weighted by Gasteiger charge is 2.67. The molecule has 4 heterocycles. The van der Waals surface area contributed by atoms with E-state index in [1.54, 1.807) is 11.0 Å². The standard InChI is InChI=1S/C23H24N4O4/c1-12(2)27-11-23-9-8-17(31-23)19(20(23)22(27)30)21(29)24-16-10-14(5-4-13(16)3)15-6-7-18(28)26-25-15/h4-10,12,17,19-20H,11H2,1-3H3,(H,24,29)(H,26,28)/t17-,19-,20+,23-/m0/s1. The number of likely N-dealkylation sites (tertiary alicyclic amines) is 1. The second kappa shape index (κ2) is 6.88. The Bertz CT molecular complexity index is 1150. The lowest BCUT2D eigenvalue weighted by atomic mass is 9.76. The van der Waals surface area contributed by atoms with Crippen molar-refractivity contribution in [3.63, 3.8) is 0 Å². The predicted octanol–water partition coefficient (Wildman–Crippen LogP) is 1.87. The minimum atomic E-state index is -0.704. The number of rotatable bonds is 4. The van der Waals surface area contributed by atoms with E-state index in [0.29, 0.717) is 17.9 Å². The molecule has 1 aromatic carbocycles. The molecule has 160 valence electrons. The lowest BCUT2D eigenvalue weighted by Gasteiger charge is -2.25. The molecule has 8 nitrogen and oxygen atoms in total. The van der Waals surface area contributed by atoms with E-state index in [1.807, 2.05) is 51.1 Å². The summed E-state index contributed by atoms with van der Waals surface area (Å²) in [4.78, 5) is 39.5. The summed E-state index contributed by atoms with van der Waals surface area (Å²) in [6.45, 7) is 6.33. The number of aromatic nitrogens is 2. The molecule has 4 atom stereocenters. The fourth-order valence-corrected chi connectivity index (χ4v) is 4.90. The third kappa shape index (κ3) is 3.01. The molecule has 3 aliphatic heterocycles. The predicted molar refractivity (Wildman–Crippen MR) is 114 cm³/mol. The summed E-state index contributed by atoms with van der Waals surface area (Å²) >= 11 is 0. The monoisotopic (exact) mass is 420 g/mol. The van der Waals surface area contributed by atoms with Gasteiger partial charge in [-0.1, -0.05) is 24.3 Å². The number of aryl methyl sites for hydroxylation is 1. The van der Waals surface area contributed by atoms with Gasteiger partial charge in [0.2, 0.25) is 11.8 Å². The van der Waals surface area contributed by atoms with Crippen molar-refractivity contribution >= 4 is 17.5 Å². The Hall–Kier alpha value is -3.26. The zero-order valence-electron chi connectivity index (χ0n) is 17.6. The number of amides is 2. The molecule has 2 saturated heterocycles. The fourth-order valence-electron chi connectivity index (χ4n) is 4.90. The summed E-state index contributed by atoms with van der Waals surface area (Å²) < 4.78 is 6.16. The van der Waals surface area contributed by atoms with E-state index >= 15 is 0 Å². The van der Waals surface area contributed by atoms with Crippen molar-refractivity contribution in [2.75, 3.05) is 11.9 Å². The Morgan fingerprint density at radius 1 is 1.29 bits per heavy atom. The number of carbonyl (C=O) groups excluding carboxylic acids is 2. The van der Waals surface area contributed by atoms with Crippen LogP contribution in [-0.2, 0) is 14.3 Å². The van der Waals surface area contributed by atoms with Crippen molar-refractivity contribution in [3.05, 3.63) is 58.4 Å². The highest BCUT2D eigenvalue weighted by molar-refractivity contribution is 6.00. The number of ether oxygens (including phenoxy) is 1. The molecule has 1 spiro atoms. The van der Waals surface area contributed by atoms with Crippen LogP contribution in [0.25, 0.3) is 11.3 Å². The van der Waals surface area contributed by atoms with Crippen LogP contribution in [0.2, 0.25) is 0 Å². The first-order valence-electron chi connectivity index (χ1n) is 10.4. The van der Waals surface area contributed by atoms with Crippen molar-refractivity contribution in [2.45, 2.75) is 38.5 Å². The largest absolute Gasteiger partial charge is 0.360 e. The Labute approximate surface area is 179 Å². The van der Waals surface area contributed by atoms with Gasteiger partial charge in [0.1, 0.15) is 5.60 Å². The van der Waals surface area contributed by atoms with E-state index < -0.39 is 23.5 Å². The second-order valence-electron chi connectivity index (χ2n) is 8.79. The van der Waals surface area contributed by atoms with Crippen LogP contribution in [0.5, 0.6) is 0 Å². The number of nitrogens with one attached hydrogen (secondary N) is 2. The van der Waals surface area contributed by atoms with Gasteiger partial charge < -0.3 is 15.0 Å². The van der Waals surface area contributed by atoms with Crippen LogP contribution >= 0.6 is 0 Å². The van der Waals surface area contributed by atoms with Crippen molar-refractivity contribution in [3.8, 4) is 11.3 Å². The summed E-state index contributed by atoms with van der Waals surface area (Å²) in [5.41, 5.74) is 1.91. The van der Waals surface area contributed by atoms with E-state index in [0.717, 1.165) is 11.1 Å². The number of nitrogens with zero attached hydrogens (tertiary/aromatic N) is 2. The van der Waals surface area contributed by atoms with Gasteiger partial charge in [0.05, 0.1) is 30.2 Å². The summed E-state index contributed by atoms with van der Waals surface area (Å²) in [5.74, 6) is -1.33. The molecule has 5 rings (SSSR count). The van der Waals surface area contributed by atoms with Gasteiger partial charge in [0.15, 0.2) is 0 Å². The molecular weight excluding hydrogens is 396 g/mol. The van der Waals surface area contributed by atoms with Gasteiger partial charge in [0, 0.05) is 23.4 Å². The zero-order chi connectivity index (χ0) is 21.9. The summed E-state index contributed by atoms with van der Waals surface area (Å²) in [5, 5.41) is 9.48. The summed E-state index contributed by atoms with van der Waals surface area (Å²) in [6.07, 6.45) is 3.47. The van der Waals surface area contributed by atoms with Gasteiger partial charge in [-0.15, -0.1) is 0 Å². The Morgan fingerprint density at radius 2 is 2.10 bits per heavy atom. The van der Waals surface area contributed by atoms with Crippen LogP contribution < -0.4 is 10.9 Å². The summed E-state index contributed by atoms with van der Waals surface area (Å²) in [6, 6.07) is 8.68. The fraction of sp³-hybridized carbons (Fsp3) is 0.391. The van der Waals surface area contributed by atoms with Crippen LogP contribution in [0.1, 0.15) is 19.4 Å². The molecular formula is C23H24N4O4. The number of aromatic amines is 1. The topological polar surface area (TPSA) is 104 Å². The molecule has 2 fully saturated rings. The number of carbonyl (C=O) groups is 2. The molecule has 2 bridgehead atoms. The van der Waals surface area contributed by atoms with Crippen molar-refractivity contribution in [1.82, 2.24) is 15.1 Å². The van der Waals surface area contributed by atoms with Crippen LogP contribution in [0.3, 0.4) is 0 Å². The number of hydrogen-bond acceptors (Lipinski definition) is 5. The minimum absolute atomic E-state index is 0.0232. The van der Waals surface area contributed by atoms with Gasteiger partial charge in [-0.2, -0.15) is 5.10 Å². The zero-order valence-corrected chi connectivity index (χ0v) is 17.6. The molecule has 0 aliphatic carbocycles. The highest BCUT2D eigenvalue weighted by Crippen LogP contribution is 2.52. The highest BCUT2D eigenvalue weighted by atomic mass is 16.5. The maximum absolute atomic E-state index is 13.4. The lowest BCUT2D eigenvalue weighted by molar-refractivity contribution is -0.136. The van der Waals surface area contributed by atoms with Gasteiger partial charge in [-0.25, -0.2) is 5.10 Å². The van der Waals surface area contributed by atoms with Crippen molar-refractivity contribution in [2.24, 2.45) is 11.8 Å². The Morgan fingerprint density at radius 3 is 2.81 bits per heavy atom. The number of benzene rings is 1. The molecule has 31 heavy (non-hydrogen) atoms. The van der Waals surface area contributed by atoms with Crippen LogP contribution in [-0.4, -0.2) is 51.2 Å². The van der Waals surface area contributed by atoms with Gasteiger partial charge in [0.25, 0.3) is 5.56 Å². The van der Waals surface area contributed by atoms with Crippen molar-refractivity contribution in [1.29, 1.82) is 0 Å². The van der Waals surface area contributed by atoms with Gasteiger partial charge in [-0.3, -0.25) is 14.4 Å². The van der Waals surface area contributed by atoms with Crippen LogP contribution in [0.15, 0.2) is 47.3 Å². The number of fused-ring (bicyclic) bond motifs is 1. The molecule has 0 radical (unpaired) electrons. The Kier molecular flexibility index (Phi) is 4.37. The average molecular weight is 420 g/mol. The number of anilines is 1.